The van der Waals surface area contributed by atoms with E-state index in [0.29, 0.717) is 4.47 Å². The number of hydrogen-bond donors (Lipinski definition) is 0. The van der Waals surface area contributed by atoms with E-state index in [-0.39, 0.29) is 27.8 Å². The van der Waals surface area contributed by atoms with Crippen molar-refractivity contribution >= 4 is 33.2 Å². The van der Waals surface area contributed by atoms with Crippen molar-refractivity contribution in [3.05, 3.63) is 61.6 Å². The van der Waals surface area contributed by atoms with Crippen LogP contribution in [0.25, 0.3) is 0 Å². The lowest BCUT2D eigenvalue weighted by atomic mass is 10.2. The van der Waals surface area contributed by atoms with Crippen LogP contribution >= 0.6 is 27.5 Å². The van der Waals surface area contributed by atoms with Crippen LogP contribution in [-0.4, -0.2) is 4.92 Å². The molecule has 100 valence electrons. The normalized spacial score (nSPS) is 9.85. The summed E-state index contributed by atoms with van der Waals surface area (Å²) in [4.78, 5) is 10.4. The molecule has 5 nitrogen and oxygen atoms in total. The average Bonchev–Trinajstić information content (AvgIpc) is 2.41. The Balaban J connectivity index is 2.48. The van der Waals surface area contributed by atoms with Gasteiger partial charge in [-0.3, -0.25) is 10.1 Å². The van der Waals surface area contributed by atoms with Crippen molar-refractivity contribution in [3.63, 3.8) is 0 Å². The summed E-state index contributed by atoms with van der Waals surface area (Å²) in [7, 11) is 0. The van der Waals surface area contributed by atoms with Gasteiger partial charge in [0, 0.05) is 15.6 Å². The zero-order chi connectivity index (χ0) is 14.7. The van der Waals surface area contributed by atoms with Crippen LogP contribution < -0.4 is 4.74 Å². The van der Waals surface area contributed by atoms with Crippen LogP contribution in [0, 0.1) is 21.4 Å². The molecule has 0 radical (unpaired) electrons. The number of nitriles is 1. The third-order valence-corrected chi connectivity index (χ3v) is 3.13. The van der Waals surface area contributed by atoms with Crippen molar-refractivity contribution < 1.29 is 9.66 Å². The minimum Gasteiger partial charge on any atom is -0.449 e. The lowest BCUT2D eigenvalue weighted by Gasteiger charge is -2.08. The van der Waals surface area contributed by atoms with Crippen molar-refractivity contribution in [2.24, 2.45) is 0 Å². The van der Waals surface area contributed by atoms with Crippen molar-refractivity contribution in [3.8, 4) is 17.6 Å². The number of benzene rings is 2. The molecule has 2 aromatic rings. The Morgan fingerprint density at radius 3 is 2.65 bits per heavy atom. The minimum absolute atomic E-state index is 0.0222. The summed E-state index contributed by atoms with van der Waals surface area (Å²) >= 11 is 8.98. The molecule has 2 rings (SSSR count). The first-order chi connectivity index (χ1) is 9.51. The van der Waals surface area contributed by atoms with Crippen LogP contribution in [0.1, 0.15) is 5.56 Å². The molecule has 0 spiro atoms. The predicted molar refractivity (Wildman–Crippen MR) is 77.0 cm³/mol. The summed E-state index contributed by atoms with van der Waals surface area (Å²) in [6, 6.07) is 10.8. The summed E-state index contributed by atoms with van der Waals surface area (Å²) in [5.74, 6) is 0.251. The first-order valence-electron chi connectivity index (χ1n) is 5.32. The maximum absolute atomic E-state index is 11.0. The van der Waals surface area contributed by atoms with Gasteiger partial charge in [-0.2, -0.15) is 5.26 Å². The molecule has 7 heteroatoms. The van der Waals surface area contributed by atoms with Crippen LogP contribution in [0.2, 0.25) is 5.02 Å². The third kappa shape index (κ3) is 3.07. The zero-order valence-electron chi connectivity index (χ0n) is 9.84. The van der Waals surface area contributed by atoms with Crippen molar-refractivity contribution in [1.82, 2.24) is 0 Å². The van der Waals surface area contributed by atoms with Gasteiger partial charge < -0.3 is 4.74 Å². The molecule has 0 N–H and O–H groups in total. The number of nitrogens with zero attached hydrogens (tertiary/aromatic N) is 2. The molecule has 0 aliphatic rings. The molecule has 0 fully saturated rings. The molecule has 0 aliphatic heterocycles. The molecule has 0 saturated carbocycles. The van der Waals surface area contributed by atoms with E-state index >= 15 is 0 Å². The highest BCUT2D eigenvalue weighted by molar-refractivity contribution is 9.10. The summed E-state index contributed by atoms with van der Waals surface area (Å²) in [6.45, 7) is 0. The van der Waals surface area contributed by atoms with Gasteiger partial charge >= 0.3 is 5.69 Å². The van der Waals surface area contributed by atoms with Crippen molar-refractivity contribution in [2.75, 3.05) is 0 Å². The van der Waals surface area contributed by atoms with E-state index in [9.17, 15) is 10.1 Å². The van der Waals surface area contributed by atoms with Crippen LogP contribution in [0.5, 0.6) is 11.5 Å². The van der Waals surface area contributed by atoms with E-state index in [1.807, 2.05) is 6.07 Å². The second kappa shape index (κ2) is 5.90. The van der Waals surface area contributed by atoms with Gasteiger partial charge in [-0.15, -0.1) is 0 Å². The maximum atomic E-state index is 11.0. The maximum Gasteiger partial charge on any atom is 0.313 e. The zero-order valence-corrected chi connectivity index (χ0v) is 12.2. The summed E-state index contributed by atoms with van der Waals surface area (Å²) in [5.41, 5.74) is 0.0128. The van der Waals surface area contributed by atoms with Gasteiger partial charge in [0.05, 0.1) is 10.5 Å². The molecular formula is C13H6BrClN2O3. The first kappa shape index (κ1) is 14.3. The third-order valence-electron chi connectivity index (χ3n) is 2.40. The molecule has 0 bridgehead atoms. The second-order valence-electron chi connectivity index (χ2n) is 3.72. The Labute approximate surface area is 127 Å². The lowest BCUT2D eigenvalue weighted by Crippen LogP contribution is -1.95. The quantitative estimate of drug-likeness (QED) is 0.593. The lowest BCUT2D eigenvalue weighted by molar-refractivity contribution is -0.385. The number of hydrogen-bond acceptors (Lipinski definition) is 4. The Bertz CT molecular complexity index is 728. The number of ether oxygens (including phenoxy) is 1. The van der Waals surface area contributed by atoms with Gasteiger partial charge in [-0.25, -0.2) is 0 Å². The Morgan fingerprint density at radius 1 is 1.25 bits per heavy atom. The Morgan fingerprint density at radius 2 is 2.00 bits per heavy atom. The average molecular weight is 354 g/mol. The van der Waals surface area contributed by atoms with E-state index in [4.69, 9.17) is 21.6 Å². The smallest absolute Gasteiger partial charge is 0.313 e. The molecule has 20 heavy (non-hydrogen) atoms. The van der Waals surface area contributed by atoms with Gasteiger partial charge in [-0.05, 0) is 30.3 Å². The molecule has 0 saturated heterocycles. The summed E-state index contributed by atoms with van der Waals surface area (Å²) < 4.78 is 6.17. The summed E-state index contributed by atoms with van der Waals surface area (Å²) in [6.07, 6.45) is 0. The highest BCUT2D eigenvalue weighted by atomic mass is 79.9. The fourth-order valence-corrected chi connectivity index (χ4v) is 2.02. The summed E-state index contributed by atoms with van der Waals surface area (Å²) in [5, 5.41) is 20.2. The van der Waals surface area contributed by atoms with Gasteiger partial charge in [0.1, 0.15) is 11.8 Å². The van der Waals surface area contributed by atoms with Crippen LogP contribution in [0.4, 0.5) is 5.69 Å². The van der Waals surface area contributed by atoms with E-state index < -0.39 is 4.92 Å². The molecular weight excluding hydrogens is 348 g/mol. The molecule has 0 amide bonds. The van der Waals surface area contributed by atoms with Gasteiger partial charge in [0.2, 0.25) is 5.75 Å². The highest BCUT2D eigenvalue weighted by Crippen LogP contribution is 2.35. The fraction of sp³-hybridized carbons (Fsp3) is 0. The van der Waals surface area contributed by atoms with Crippen LogP contribution in [-0.2, 0) is 0 Å². The fourth-order valence-electron chi connectivity index (χ4n) is 1.51. The number of nitro benzene ring substituents is 1. The van der Waals surface area contributed by atoms with Crippen LogP contribution in [0.3, 0.4) is 0 Å². The number of nitro groups is 1. The Kier molecular flexibility index (Phi) is 4.23. The molecule has 0 aromatic heterocycles. The van der Waals surface area contributed by atoms with Gasteiger partial charge in [0.25, 0.3) is 0 Å². The predicted octanol–water partition coefficient (Wildman–Crippen LogP) is 4.67. The number of rotatable bonds is 3. The monoisotopic (exact) mass is 352 g/mol. The highest BCUT2D eigenvalue weighted by Gasteiger charge is 2.17. The van der Waals surface area contributed by atoms with Crippen molar-refractivity contribution in [1.29, 1.82) is 5.26 Å². The first-order valence-corrected chi connectivity index (χ1v) is 6.50. The molecule has 2 aromatic carbocycles. The largest absolute Gasteiger partial charge is 0.449 e. The van der Waals surface area contributed by atoms with Gasteiger partial charge in [-0.1, -0.05) is 27.5 Å². The minimum atomic E-state index is -0.592. The van der Waals surface area contributed by atoms with Crippen LogP contribution in [0.15, 0.2) is 40.9 Å². The topological polar surface area (TPSA) is 76.2 Å². The van der Waals surface area contributed by atoms with Crippen molar-refractivity contribution in [2.45, 2.75) is 0 Å². The Hall–Kier alpha value is -2.10. The van der Waals surface area contributed by atoms with E-state index in [2.05, 4.69) is 15.9 Å². The molecule has 0 heterocycles. The molecule has 0 unspecified atom stereocenters. The van der Waals surface area contributed by atoms with E-state index in [1.165, 1.54) is 18.2 Å². The van der Waals surface area contributed by atoms with E-state index in [1.54, 1.807) is 18.2 Å². The molecule has 0 aliphatic carbocycles. The molecule has 0 atom stereocenters. The standard InChI is InChI=1S/C13H6BrClN2O3/c14-9-2-1-8(7-16)13(5-9)20-12-4-3-10(15)6-11(12)17(18)19/h1-6H. The second-order valence-corrected chi connectivity index (χ2v) is 5.08. The van der Waals surface area contributed by atoms with E-state index in [0.717, 1.165) is 0 Å². The van der Waals surface area contributed by atoms with Gasteiger partial charge in [0.15, 0.2) is 0 Å². The number of halogens is 2. The SMILES string of the molecule is N#Cc1ccc(Br)cc1Oc1ccc(Cl)cc1[N+](=O)[O-].